The molecule has 1 aromatic rings. The number of nitrogens with one attached hydrogen (secondary N) is 2. The van der Waals surface area contributed by atoms with Gasteiger partial charge in [-0.25, -0.2) is 0 Å². The summed E-state index contributed by atoms with van der Waals surface area (Å²) in [5.74, 6) is -0.227. The Morgan fingerprint density at radius 2 is 2.05 bits per heavy atom. The number of carbonyl (C=O) groups excluding carboxylic acids is 1. The van der Waals surface area contributed by atoms with Crippen molar-refractivity contribution < 1.29 is 9.53 Å². The van der Waals surface area contributed by atoms with E-state index in [1.54, 1.807) is 0 Å². The molecule has 0 aromatic carbocycles. The summed E-state index contributed by atoms with van der Waals surface area (Å²) < 4.78 is 5.42. The number of hydrogen-bond acceptors (Lipinski definition) is 4. The molecule has 0 aliphatic carbocycles. The van der Waals surface area contributed by atoms with Gasteiger partial charge < -0.3 is 15.8 Å². The monoisotopic (exact) mass is 282 g/mol. The molecule has 0 saturated heterocycles. The molecule has 0 bridgehead atoms. The van der Waals surface area contributed by atoms with E-state index in [-0.39, 0.29) is 5.91 Å². The Morgan fingerprint density at radius 1 is 1.30 bits per heavy atom. The number of nitrogens with two attached hydrogens (primary N) is 1. The number of hydrogen-bond donors (Lipinski definition) is 3. The highest BCUT2D eigenvalue weighted by molar-refractivity contribution is 5.97. The predicted octanol–water partition coefficient (Wildman–Crippen LogP) is 1.88. The van der Waals surface area contributed by atoms with Crippen LogP contribution >= 0.6 is 0 Å². The standard InChI is InChI=1S/C14H26N4O2/c1-3-5-9-20-10-6-8-16-14(19)13-12(15)11(7-4-2)17-18-13/h3-10,15H2,1-2H3,(H,16,19)(H,17,18). The lowest BCUT2D eigenvalue weighted by molar-refractivity contribution is 0.0936. The average molecular weight is 282 g/mol. The lowest BCUT2D eigenvalue weighted by atomic mass is 10.2. The molecule has 1 rings (SSSR count). The summed E-state index contributed by atoms with van der Waals surface area (Å²) in [7, 11) is 0. The maximum absolute atomic E-state index is 11.9. The first-order valence-electron chi connectivity index (χ1n) is 7.39. The van der Waals surface area contributed by atoms with E-state index < -0.39 is 0 Å². The van der Waals surface area contributed by atoms with Gasteiger partial charge in [-0.05, 0) is 19.3 Å². The molecule has 1 heterocycles. The molecule has 20 heavy (non-hydrogen) atoms. The van der Waals surface area contributed by atoms with Crippen LogP contribution in [-0.2, 0) is 11.2 Å². The first kappa shape index (κ1) is 16.5. The van der Waals surface area contributed by atoms with Crippen LogP contribution in [0.15, 0.2) is 0 Å². The number of H-pyrrole nitrogens is 1. The zero-order chi connectivity index (χ0) is 14.8. The number of rotatable bonds is 10. The molecule has 6 heteroatoms. The van der Waals surface area contributed by atoms with Gasteiger partial charge in [0.25, 0.3) is 5.91 Å². The second-order valence-corrected chi connectivity index (χ2v) is 4.79. The molecule has 114 valence electrons. The molecule has 6 nitrogen and oxygen atoms in total. The van der Waals surface area contributed by atoms with Crippen molar-refractivity contribution in [2.75, 3.05) is 25.5 Å². The fraction of sp³-hybridized carbons (Fsp3) is 0.714. The minimum absolute atomic E-state index is 0.227. The van der Waals surface area contributed by atoms with Crippen LogP contribution in [-0.4, -0.2) is 35.9 Å². The number of aromatic amines is 1. The van der Waals surface area contributed by atoms with E-state index in [1.807, 2.05) is 0 Å². The van der Waals surface area contributed by atoms with E-state index >= 15 is 0 Å². The summed E-state index contributed by atoms with van der Waals surface area (Å²) in [6.45, 7) is 6.21. The van der Waals surface area contributed by atoms with Crippen molar-refractivity contribution in [3.05, 3.63) is 11.4 Å². The summed E-state index contributed by atoms with van der Waals surface area (Å²) in [6, 6.07) is 0. The Kier molecular flexibility index (Phi) is 7.72. The van der Waals surface area contributed by atoms with Crippen LogP contribution in [0.2, 0.25) is 0 Å². The van der Waals surface area contributed by atoms with Gasteiger partial charge in [-0.1, -0.05) is 26.7 Å². The number of ether oxygens (including phenoxy) is 1. The first-order valence-corrected chi connectivity index (χ1v) is 7.39. The van der Waals surface area contributed by atoms with Crippen molar-refractivity contribution in [3.8, 4) is 0 Å². The van der Waals surface area contributed by atoms with Crippen LogP contribution in [0.25, 0.3) is 0 Å². The molecule has 0 aliphatic heterocycles. The molecular formula is C14H26N4O2. The highest BCUT2D eigenvalue weighted by atomic mass is 16.5. The first-order chi connectivity index (χ1) is 9.70. The molecule has 1 aromatic heterocycles. The zero-order valence-corrected chi connectivity index (χ0v) is 12.5. The fourth-order valence-electron chi connectivity index (χ4n) is 1.81. The maximum Gasteiger partial charge on any atom is 0.273 e. The summed E-state index contributed by atoms with van der Waals surface area (Å²) in [5.41, 5.74) is 7.48. The van der Waals surface area contributed by atoms with Gasteiger partial charge in [0.15, 0.2) is 5.69 Å². The van der Waals surface area contributed by atoms with Crippen LogP contribution in [0.1, 0.15) is 55.7 Å². The number of anilines is 1. The zero-order valence-electron chi connectivity index (χ0n) is 12.5. The van der Waals surface area contributed by atoms with Gasteiger partial charge in [-0.3, -0.25) is 9.89 Å². The third-order valence-corrected chi connectivity index (χ3v) is 2.99. The quantitative estimate of drug-likeness (QED) is 0.571. The third-order valence-electron chi connectivity index (χ3n) is 2.99. The Hall–Kier alpha value is -1.56. The van der Waals surface area contributed by atoms with E-state index in [0.717, 1.165) is 44.4 Å². The van der Waals surface area contributed by atoms with Gasteiger partial charge >= 0.3 is 0 Å². The van der Waals surface area contributed by atoms with Crippen molar-refractivity contribution in [2.24, 2.45) is 0 Å². The summed E-state index contributed by atoms with van der Waals surface area (Å²) in [6.07, 6.45) is 4.77. The van der Waals surface area contributed by atoms with Gasteiger partial charge in [0, 0.05) is 19.8 Å². The van der Waals surface area contributed by atoms with E-state index in [9.17, 15) is 4.79 Å². The van der Waals surface area contributed by atoms with Crippen LogP contribution in [0, 0.1) is 0 Å². The summed E-state index contributed by atoms with van der Waals surface area (Å²) in [5, 5.41) is 9.61. The highest BCUT2D eigenvalue weighted by Crippen LogP contribution is 2.15. The minimum Gasteiger partial charge on any atom is -0.395 e. The third kappa shape index (κ3) is 5.21. The van der Waals surface area contributed by atoms with E-state index in [1.165, 1.54) is 0 Å². The topological polar surface area (TPSA) is 93.0 Å². The van der Waals surface area contributed by atoms with E-state index in [0.29, 0.717) is 24.5 Å². The maximum atomic E-state index is 11.9. The largest absolute Gasteiger partial charge is 0.395 e. The van der Waals surface area contributed by atoms with Crippen LogP contribution < -0.4 is 11.1 Å². The number of aromatic nitrogens is 2. The number of nitrogens with zero attached hydrogens (tertiary/aromatic N) is 1. The van der Waals surface area contributed by atoms with Crippen molar-refractivity contribution in [1.82, 2.24) is 15.5 Å². The predicted molar refractivity (Wildman–Crippen MR) is 79.7 cm³/mol. The van der Waals surface area contributed by atoms with Crippen molar-refractivity contribution in [3.63, 3.8) is 0 Å². The Balaban J connectivity index is 2.25. The van der Waals surface area contributed by atoms with Crippen LogP contribution in [0.4, 0.5) is 5.69 Å². The molecule has 0 saturated carbocycles. The van der Waals surface area contributed by atoms with Gasteiger partial charge in [-0.2, -0.15) is 5.10 Å². The second kappa shape index (κ2) is 9.36. The molecule has 0 radical (unpaired) electrons. The molecule has 1 amide bonds. The van der Waals surface area contributed by atoms with Crippen LogP contribution in [0.3, 0.4) is 0 Å². The normalized spacial score (nSPS) is 10.7. The lowest BCUT2D eigenvalue weighted by Crippen LogP contribution is -2.26. The van der Waals surface area contributed by atoms with E-state index in [2.05, 4.69) is 29.4 Å². The summed E-state index contributed by atoms with van der Waals surface area (Å²) >= 11 is 0. The van der Waals surface area contributed by atoms with Crippen molar-refractivity contribution >= 4 is 11.6 Å². The summed E-state index contributed by atoms with van der Waals surface area (Å²) in [4.78, 5) is 11.9. The van der Waals surface area contributed by atoms with Crippen molar-refractivity contribution in [2.45, 2.75) is 46.0 Å². The Labute approximate surface area is 120 Å². The number of amides is 1. The van der Waals surface area contributed by atoms with Gasteiger partial charge in [0.1, 0.15) is 0 Å². The van der Waals surface area contributed by atoms with Gasteiger partial charge in [0.2, 0.25) is 0 Å². The van der Waals surface area contributed by atoms with Crippen LogP contribution in [0.5, 0.6) is 0 Å². The number of nitrogen functional groups attached to an aromatic ring is 1. The molecule has 0 atom stereocenters. The lowest BCUT2D eigenvalue weighted by Gasteiger charge is -2.05. The van der Waals surface area contributed by atoms with E-state index in [4.69, 9.17) is 10.5 Å². The molecular weight excluding hydrogens is 256 g/mol. The molecule has 0 unspecified atom stereocenters. The number of aryl methyl sites for hydroxylation is 1. The average Bonchev–Trinajstić information content (AvgIpc) is 2.80. The second-order valence-electron chi connectivity index (χ2n) is 4.79. The van der Waals surface area contributed by atoms with Gasteiger partial charge in [0.05, 0.1) is 11.4 Å². The minimum atomic E-state index is -0.227. The number of carbonyl (C=O) groups is 1. The smallest absolute Gasteiger partial charge is 0.273 e. The fourth-order valence-corrected chi connectivity index (χ4v) is 1.81. The van der Waals surface area contributed by atoms with Crippen molar-refractivity contribution in [1.29, 1.82) is 0 Å². The van der Waals surface area contributed by atoms with Gasteiger partial charge in [-0.15, -0.1) is 0 Å². The highest BCUT2D eigenvalue weighted by Gasteiger charge is 2.16. The Morgan fingerprint density at radius 3 is 2.75 bits per heavy atom. The molecule has 0 fully saturated rings. The number of unbranched alkanes of at least 4 members (excludes halogenated alkanes) is 1. The molecule has 0 spiro atoms. The SMILES string of the molecule is CCCCOCCCNC(=O)c1n[nH]c(CCC)c1N. The molecule has 4 N–H and O–H groups in total. The molecule has 0 aliphatic rings. The Bertz CT molecular complexity index is 404.